The quantitative estimate of drug-likeness (QED) is 0.748. The Hall–Kier alpha value is -2.44. The molecule has 7 heteroatoms. The second-order valence-electron chi connectivity index (χ2n) is 3.14. The van der Waals surface area contributed by atoms with Crippen molar-refractivity contribution in [3.05, 3.63) is 41.0 Å². The Morgan fingerprint density at radius 3 is 2.81 bits per heavy atom. The third-order valence-electron chi connectivity index (χ3n) is 2.05. The average Bonchev–Trinajstić information content (AvgIpc) is 2.71. The number of hydrogen-bond acceptors (Lipinski definition) is 4. The van der Waals surface area contributed by atoms with E-state index in [1.807, 2.05) is 0 Å². The SMILES string of the molecule is Cn1ccnc(-n2cnc(C(=O)O)c2)c1=O. The zero-order chi connectivity index (χ0) is 11.7. The molecule has 82 valence electrons. The zero-order valence-corrected chi connectivity index (χ0v) is 8.36. The maximum Gasteiger partial charge on any atom is 0.356 e. The lowest BCUT2D eigenvalue weighted by Gasteiger charge is -2.01. The minimum absolute atomic E-state index is 0.116. The summed E-state index contributed by atoms with van der Waals surface area (Å²) < 4.78 is 2.63. The molecule has 0 radical (unpaired) electrons. The van der Waals surface area contributed by atoms with Crippen LogP contribution in [0.1, 0.15) is 10.5 Å². The molecule has 0 aliphatic heterocycles. The number of carboxylic acids is 1. The van der Waals surface area contributed by atoms with Gasteiger partial charge in [-0.15, -0.1) is 0 Å². The molecule has 0 saturated heterocycles. The maximum atomic E-state index is 11.7. The second-order valence-corrected chi connectivity index (χ2v) is 3.14. The van der Waals surface area contributed by atoms with Gasteiger partial charge in [-0.2, -0.15) is 0 Å². The molecular weight excluding hydrogens is 212 g/mol. The van der Waals surface area contributed by atoms with Gasteiger partial charge in [-0.3, -0.25) is 9.36 Å². The molecule has 0 fully saturated rings. The van der Waals surface area contributed by atoms with Crippen molar-refractivity contribution in [3.63, 3.8) is 0 Å². The molecule has 0 unspecified atom stereocenters. The number of aryl methyl sites for hydroxylation is 1. The Bertz CT molecular complexity index is 599. The third kappa shape index (κ3) is 1.58. The van der Waals surface area contributed by atoms with Gasteiger partial charge in [0.15, 0.2) is 5.69 Å². The monoisotopic (exact) mass is 220 g/mol. The highest BCUT2D eigenvalue weighted by Gasteiger charge is 2.10. The number of nitrogens with zero attached hydrogens (tertiary/aromatic N) is 4. The van der Waals surface area contributed by atoms with E-state index in [0.717, 1.165) is 0 Å². The van der Waals surface area contributed by atoms with Crippen LogP contribution in [-0.2, 0) is 7.05 Å². The van der Waals surface area contributed by atoms with Crippen LogP contribution < -0.4 is 5.56 Å². The van der Waals surface area contributed by atoms with E-state index in [1.165, 1.54) is 34.1 Å². The topological polar surface area (TPSA) is 90.0 Å². The van der Waals surface area contributed by atoms with E-state index in [0.29, 0.717) is 0 Å². The molecule has 2 aromatic heterocycles. The summed E-state index contributed by atoms with van der Waals surface area (Å²) in [4.78, 5) is 29.8. The van der Waals surface area contributed by atoms with E-state index in [2.05, 4.69) is 9.97 Å². The number of aromatic nitrogens is 4. The predicted octanol–water partition coefficient (Wildman–Crippen LogP) is -0.336. The summed E-state index contributed by atoms with van der Waals surface area (Å²) in [5.41, 5.74) is -0.454. The highest BCUT2D eigenvalue weighted by atomic mass is 16.4. The number of carboxylic acid groups (broad SMARTS) is 1. The van der Waals surface area contributed by atoms with Crippen LogP contribution in [0.5, 0.6) is 0 Å². The lowest BCUT2D eigenvalue weighted by molar-refractivity contribution is 0.0691. The molecule has 0 aromatic carbocycles. The highest BCUT2D eigenvalue weighted by Crippen LogP contribution is 2.00. The van der Waals surface area contributed by atoms with Crippen LogP contribution in [0.15, 0.2) is 29.7 Å². The van der Waals surface area contributed by atoms with Gasteiger partial charge < -0.3 is 9.67 Å². The summed E-state index contributed by atoms with van der Waals surface area (Å²) in [6.07, 6.45) is 5.46. The summed E-state index contributed by atoms with van der Waals surface area (Å²) in [6.45, 7) is 0. The van der Waals surface area contributed by atoms with Gasteiger partial charge in [0.1, 0.15) is 6.33 Å². The minimum atomic E-state index is -1.15. The molecule has 0 bridgehead atoms. The highest BCUT2D eigenvalue weighted by molar-refractivity contribution is 5.85. The van der Waals surface area contributed by atoms with Crippen molar-refractivity contribution < 1.29 is 9.90 Å². The Kier molecular flexibility index (Phi) is 2.28. The van der Waals surface area contributed by atoms with E-state index in [-0.39, 0.29) is 17.1 Å². The van der Waals surface area contributed by atoms with Gasteiger partial charge >= 0.3 is 5.97 Å². The molecule has 0 aliphatic carbocycles. The lowest BCUT2D eigenvalue weighted by Crippen LogP contribution is -2.22. The van der Waals surface area contributed by atoms with Crippen LogP contribution in [0, 0.1) is 0 Å². The van der Waals surface area contributed by atoms with Gasteiger partial charge in [0, 0.05) is 25.6 Å². The molecular formula is C9H8N4O3. The fourth-order valence-corrected chi connectivity index (χ4v) is 1.21. The summed E-state index contributed by atoms with van der Waals surface area (Å²) in [7, 11) is 1.59. The van der Waals surface area contributed by atoms with Crippen molar-refractivity contribution in [2.75, 3.05) is 0 Å². The largest absolute Gasteiger partial charge is 0.476 e. The van der Waals surface area contributed by atoms with Gasteiger partial charge in [0.05, 0.1) is 0 Å². The molecule has 2 aromatic rings. The molecule has 2 rings (SSSR count). The van der Waals surface area contributed by atoms with Gasteiger partial charge in [0.25, 0.3) is 5.56 Å². The third-order valence-corrected chi connectivity index (χ3v) is 2.05. The van der Waals surface area contributed by atoms with Crippen LogP contribution in [0.25, 0.3) is 5.82 Å². The summed E-state index contributed by atoms with van der Waals surface area (Å²) >= 11 is 0. The minimum Gasteiger partial charge on any atom is -0.476 e. The van der Waals surface area contributed by atoms with Gasteiger partial charge in [-0.1, -0.05) is 0 Å². The van der Waals surface area contributed by atoms with Crippen LogP contribution >= 0.6 is 0 Å². The van der Waals surface area contributed by atoms with Crippen molar-refractivity contribution in [3.8, 4) is 5.82 Å². The summed E-state index contributed by atoms with van der Waals surface area (Å²) in [5.74, 6) is -1.03. The average molecular weight is 220 g/mol. The van der Waals surface area contributed by atoms with E-state index in [9.17, 15) is 9.59 Å². The van der Waals surface area contributed by atoms with Crippen molar-refractivity contribution in [2.45, 2.75) is 0 Å². The molecule has 0 amide bonds. The lowest BCUT2D eigenvalue weighted by atomic mass is 10.5. The first-order valence-corrected chi connectivity index (χ1v) is 4.39. The second kappa shape index (κ2) is 3.61. The Morgan fingerprint density at radius 2 is 2.19 bits per heavy atom. The smallest absolute Gasteiger partial charge is 0.356 e. The molecule has 2 heterocycles. The van der Waals surface area contributed by atoms with Crippen LogP contribution in [0.2, 0.25) is 0 Å². The first-order valence-electron chi connectivity index (χ1n) is 4.39. The van der Waals surface area contributed by atoms with E-state index < -0.39 is 5.97 Å². The van der Waals surface area contributed by atoms with Crippen LogP contribution in [-0.4, -0.2) is 30.2 Å². The summed E-state index contributed by atoms with van der Waals surface area (Å²) in [5, 5.41) is 8.69. The normalized spacial score (nSPS) is 10.3. The van der Waals surface area contributed by atoms with Crippen molar-refractivity contribution in [1.29, 1.82) is 0 Å². The van der Waals surface area contributed by atoms with Gasteiger partial charge in [-0.05, 0) is 0 Å². The Labute approximate surface area is 89.6 Å². The van der Waals surface area contributed by atoms with E-state index in [4.69, 9.17) is 5.11 Å². The molecule has 0 spiro atoms. The predicted molar refractivity (Wildman–Crippen MR) is 53.6 cm³/mol. The number of rotatable bonds is 2. The van der Waals surface area contributed by atoms with Crippen LogP contribution in [0.4, 0.5) is 0 Å². The first kappa shape index (κ1) is 10.1. The maximum absolute atomic E-state index is 11.7. The van der Waals surface area contributed by atoms with Gasteiger partial charge in [0.2, 0.25) is 5.82 Å². The number of imidazole rings is 1. The number of carbonyl (C=O) groups is 1. The molecule has 0 atom stereocenters. The molecule has 1 N–H and O–H groups in total. The fourth-order valence-electron chi connectivity index (χ4n) is 1.21. The van der Waals surface area contributed by atoms with Crippen molar-refractivity contribution in [1.82, 2.24) is 19.1 Å². The summed E-state index contributed by atoms with van der Waals surface area (Å²) in [6, 6.07) is 0. The molecule has 7 nitrogen and oxygen atoms in total. The van der Waals surface area contributed by atoms with Crippen molar-refractivity contribution in [2.24, 2.45) is 7.05 Å². The standard InChI is InChI=1S/C9H8N4O3/c1-12-3-2-10-7(8(12)14)13-4-6(9(15)16)11-5-13/h2-5H,1H3,(H,15,16). The molecule has 0 saturated carbocycles. The van der Waals surface area contributed by atoms with Crippen molar-refractivity contribution >= 4 is 5.97 Å². The van der Waals surface area contributed by atoms with E-state index >= 15 is 0 Å². The Balaban J connectivity index is 2.55. The van der Waals surface area contributed by atoms with Gasteiger partial charge in [-0.25, -0.2) is 14.8 Å². The zero-order valence-electron chi connectivity index (χ0n) is 8.36. The number of hydrogen-bond donors (Lipinski definition) is 1. The fraction of sp³-hybridized carbons (Fsp3) is 0.111. The van der Waals surface area contributed by atoms with Crippen LogP contribution in [0.3, 0.4) is 0 Å². The molecule has 16 heavy (non-hydrogen) atoms. The Morgan fingerprint density at radius 1 is 1.44 bits per heavy atom. The number of aromatic carboxylic acids is 1. The van der Waals surface area contributed by atoms with E-state index in [1.54, 1.807) is 7.05 Å². The first-order chi connectivity index (χ1) is 7.59. The molecule has 0 aliphatic rings.